The quantitative estimate of drug-likeness (QED) is 0.892. The van der Waals surface area contributed by atoms with Gasteiger partial charge in [0, 0.05) is 18.1 Å². The van der Waals surface area contributed by atoms with E-state index < -0.39 is 0 Å². The summed E-state index contributed by atoms with van der Waals surface area (Å²) < 4.78 is 0. The van der Waals surface area contributed by atoms with Gasteiger partial charge in [0.1, 0.15) is 0 Å². The van der Waals surface area contributed by atoms with E-state index in [4.69, 9.17) is 0 Å². The lowest BCUT2D eigenvalue weighted by Crippen LogP contribution is -2.37. The highest BCUT2D eigenvalue weighted by atomic mass is 16.3. The molecule has 1 aliphatic heterocycles. The maximum Gasteiger partial charge on any atom is 0.254 e. The van der Waals surface area contributed by atoms with E-state index in [9.17, 15) is 9.90 Å². The highest BCUT2D eigenvalue weighted by Gasteiger charge is 2.29. The molecule has 0 aliphatic carbocycles. The fraction of sp³-hybridized carbons (Fsp3) is 0.333. The van der Waals surface area contributed by atoms with Gasteiger partial charge >= 0.3 is 0 Å². The van der Waals surface area contributed by atoms with E-state index in [0.717, 1.165) is 30.3 Å². The van der Waals surface area contributed by atoms with E-state index in [0.29, 0.717) is 5.56 Å². The number of carbonyl (C=O) groups excluding carboxylic acids is 1. The van der Waals surface area contributed by atoms with Gasteiger partial charge in [-0.25, -0.2) is 0 Å². The second kappa shape index (κ2) is 4.97. The minimum absolute atomic E-state index is 0.00449. The molecule has 2 heterocycles. The number of likely N-dealkylation sites (tertiary alicyclic amines) is 1. The molecule has 1 N–H and O–H groups in total. The van der Waals surface area contributed by atoms with Gasteiger partial charge in [-0.2, -0.15) is 0 Å². The molecular weight excluding hydrogens is 240 g/mol. The Hall–Kier alpha value is -1.94. The Morgan fingerprint density at radius 1 is 1.37 bits per heavy atom. The number of hydrogen-bond acceptors (Lipinski definition) is 3. The van der Waals surface area contributed by atoms with Crippen molar-refractivity contribution in [2.45, 2.75) is 18.9 Å². The molecule has 1 aliphatic rings. The molecule has 3 rings (SSSR count). The topological polar surface area (TPSA) is 53.4 Å². The molecule has 1 atom stereocenters. The zero-order valence-electron chi connectivity index (χ0n) is 10.6. The van der Waals surface area contributed by atoms with Gasteiger partial charge in [0.2, 0.25) is 0 Å². The summed E-state index contributed by atoms with van der Waals surface area (Å²) in [7, 11) is 0. The predicted molar refractivity (Wildman–Crippen MR) is 72.9 cm³/mol. The van der Waals surface area contributed by atoms with Crippen LogP contribution in [0.4, 0.5) is 0 Å². The van der Waals surface area contributed by atoms with E-state index in [-0.39, 0.29) is 18.6 Å². The Bertz CT molecular complexity index is 607. The van der Waals surface area contributed by atoms with Crippen LogP contribution >= 0.6 is 0 Å². The number of para-hydroxylation sites is 1. The number of carbonyl (C=O) groups is 1. The predicted octanol–water partition coefficient (Wildman–Crippen LogP) is 1.83. The molecule has 98 valence electrons. The standard InChI is InChI=1S/C15H16N2O2/c18-10-11-4-3-9-17(11)15(19)13-7-8-16-14-6-2-1-5-12(13)14/h1-2,5-8,11,18H,3-4,9-10H2. The van der Waals surface area contributed by atoms with Crippen LogP contribution < -0.4 is 0 Å². The normalized spacial score (nSPS) is 19.0. The van der Waals surface area contributed by atoms with Gasteiger partial charge in [0.15, 0.2) is 0 Å². The molecule has 1 unspecified atom stereocenters. The molecule has 4 heteroatoms. The van der Waals surface area contributed by atoms with Crippen molar-refractivity contribution in [3.63, 3.8) is 0 Å². The summed E-state index contributed by atoms with van der Waals surface area (Å²) in [6.45, 7) is 0.759. The SMILES string of the molecule is O=C(c1ccnc2ccccc12)N1CCCC1CO. The molecule has 19 heavy (non-hydrogen) atoms. The summed E-state index contributed by atoms with van der Waals surface area (Å²) in [5.74, 6) is -0.00449. The molecule has 1 saturated heterocycles. The van der Waals surface area contributed by atoms with Gasteiger partial charge in [-0.3, -0.25) is 9.78 Å². The molecule has 0 spiro atoms. The number of fused-ring (bicyclic) bond motifs is 1. The van der Waals surface area contributed by atoms with E-state index in [2.05, 4.69) is 4.98 Å². The lowest BCUT2D eigenvalue weighted by molar-refractivity contribution is 0.0679. The molecule has 0 saturated carbocycles. The van der Waals surface area contributed by atoms with Crippen molar-refractivity contribution in [1.82, 2.24) is 9.88 Å². The lowest BCUT2D eigenvalue weighted by Gasteiger charge is -2.23. The fourth-order valence-electron chi connectivity index (χ4n) is 2.73. The van der Waals surface area contributed by atoms with E-state index in [1.165, 1.54) is 0 Å². The highest BCUT2D eigenvalue weighted by molar-refractivity contribution is 6.06. The third-order valence-corrected chi connectivity index (χ3v) is 3.73. The van der Waals surface area contributed by atoms with Crippen LogP contribution in [0, 0.1) is 0 Å². The third kappa shape index (κ3) is 2.08. The van der Waals surface area contributed by atoms with Gasteiger partial charge in [0.25, 0.3) is 5.91 Å². The maximum absolute atomic E-state index is 12.6. The fourth-order valence-corrected chi connectivity index (χ4v) is 2.73. The van der Waals surface area contributed by atoms with Crippen molar-refractivity contribution >= 4 is 16.8 Å². The molecule has 4 nitrogen and oxygen atoms in total. The van der Waals surface area contributed by atoms with Crippen molar-refractivity contribution in [3.8, 4) is 0 Å². The Morgan fingerprint density at radius 3 is 3.05 bits per heavy atom. The van der Waals surface area contributed by atoms with Crippen LogP contribution in [0.1, 0.15) is 23.2 Å². The summed E-state index contributed by atoms with van der Waals surface area (Å²) in [4.78, 5) is 18.7. The Balaban J connectivity index is 2.02. The first-order chi connectivity index (χ1) is 9.31. The summed E-state index contributed by atoms with van der Waals surface area (Å²) in [5, 5.41) is 10.2. The minimum Gasteiger partial charge on any atom is -0.394 e. The van der Waals surface area contributed by atoms with Gasteiger partial charge in [-0.15, -0.1) is 0 Å². The number of benzene rings is 1. The van der Waals surface area contributed by atoms with E-state index >= 15 is 0 Å². The summed E-state index contributed by atoms with van der Waals surface area (Å²) >= 11 is 0. The van der Waals surface area contributed by atoms with Gasteiger partial charge in [-0.05, 0) is 25.0 Å². The third-order valence-electron chi connectivity index (χ3n) is 3.73. The average molecular weight is 256 g/mol. The number of hydrogen-bond donors (Lipinski definition) is 1. The molecule has 1 amide bonds. The summed E-state index contributed by atoms with van der Waals surface area (Å²) in [6.07, 6.45) is 3.50. The first kappa shape index (κ1) is 12.1. The lowest BCUT2D eigenvalue weighted by atomic mass is 10.1. The number of pyridine rings is 1. The Morgan fingerprint density at radius 2 is 2.21 bits per heavy atom. The first-order valence-corrected chi connectivity index (χ1v) is 6.57. The van der Waals surface area contributed by atoms with Crippen molar-refractivity contribution < 1.29 is 9.90 Å². The summed E-state index contributed by atoms with van der Waals surface area (Å²) in [5.41, 5.74) is 1.50. The second-order valence-corrected chi connectivity index (χ2v) is 4.85. The van der Waals surface area contributed by atoms with Gasteiger partial charge in [-0.1, -0.05) is 18.2 Å². The molecule has 0 radical (unpaired) electrons. The smallest absolute Gasteiger partial charge is 0.254 e. The number of nitrogens with zero attached hydrogens (tertiary/aromatic N) is 2. The molecular formula is C15H16N2O2. The molecule has 1 fully saturated rings. The zero-order valence-corrected chi connectivity index (χ0v) is 10.6. The Labute approximate surface area is 111 Å². The van der Waals surface area contributed by atoms with Crippen LogP contribution in [0.25, 0.3) is 10.9 Å². The van der Waals surface area contributed by atoms with Crippen molar-refractivity contribution in [3.05, 3.63) is 42.1 Å². The molecule has 0 bridgehead atoms. The first-order valence-electron chi connectivity index (χ1n) is 6.57. The molecule has 2 aromatic rings. The molecule has 1 aromatic carbocycles. The van der Waals surface area contributed by atoms with Crippen LogP contribution in [-0.2, 0) is 0 Å². The van der Waals surface area contributed by atoms with Crippen LogP contribution in [0.15, 0.2) is 36.5 Å². The molecule has 1 aromatic heterocycles. The van der Waals surface area contributed by atoms with E-state index in [1.807, 2.05) is 24.3 Å². The number of amides is 1. The summed E-state index contributed by atoms with van der Waals surface area (Å²) in [6, 6.07) is 9.36. The average Bonchev–Trinajstić information content (AvgIpc) is 2.94. The minimum atomic E-state index is -0.0422. The van der Waals surface area contributed by atoms with Crippen LogP contribution in [0.5, 0.6) is 0 Å². The number of rotatable bonds is 2. The van der Waals surface area contributed by atoms with Crippen LogP contribution in [0.2, 0.25) is 0 Å². The Kier molecular flexibility index (Phi) is 3.17. The number of aliphatic hydroxyl groups is 1. The van der Waals surface area contributed by atoms with Crippen LogP contribution in [0.3, 0.4) is 0 Å². The zero-order chi connectivity index (χ0) is 13.2. The number of aromatic nitrogens is 1. The maximum atomic E-state index is 12.6. The number of aliphatic hydroxyl groups excluding tert-OH is 1. The van der Waals surface area contributed by atoms with Crippen molar-refractivity contribution in [2.75, 3.05) is 13.2 Å². The van der Waals surface area contributed by atoms with Gasteiger partial charge < -0.3 is 10.0 Å². The highest BCUT2D eigenvalue weighted by Crippen LogP contribution is 2.23. The van der Waals surface area contributed by atoms with Crippen LogP contribution in [-0.4, -0.2) is 40.1 Å². The van der Waals surface area contributed by atoms with E-state index in [1.54, 1.807) is 17.2 Å². The van der Waals surface area contributed by atoms with Crippen molar-refractivity contribution in [1.29, 1.82) is 0 Å². The largest absolute Gasteiger partial charge is 0.394 e. The second-order valence-electron chi connectivity index (χ2n) is 4.85. The monoisotopic (exact) mass is 256 g/mol. The van der Waals surface area contributed by atoms with Gasteiger partial charge in [0.05, 0.1) is 23.7 Å². The van der Waals surface area contributed by atoms with Crippen molar-refractivity contribution in [2.24, 2.45) is 0 Å².